The number of halogens is 2. The van der Waals surface area contributed by atoms with E-state index in [1.165, 1.54) is 26.5 Å². The van der Waals surface area contributed by atoms with Crippen molar-refractivity contribution in [3.8, 4) is 11.5 Å². The van der Waals surface area contributed by atoms with E-state index in [1.807, 2.05) is 11.0 Å². The fourth-order valence-corrected chi connectivity index (χ4v) is 4.37. The Morgan fingerprint density at radius 2 is 1.89 bits per heavy atom. The van der Waals surface area contributed by atoms with Gasteiger partial charge in [0.2, 0.25) is 5.91 Å². The van der Waals surface area contributed by atoms with Gasteiger partial charge in [-0.1, -0.05) is 0 Å². The van der Waals surface area contributed by atoms with E-state index in [0.717, 1.165) is 18.4 Å². The maximum absolute atomic E-state index is 14.9. The first-order valence-corrected chi connectivity index (χ1v) is 11.6. The number of likely N-dealkylation sites (tertiary alicyclic amines) is 1. The van der Waals surface area contributed by atoms with Gasteiger partial charge in [-0.3, -0.25) is 9.79 Å². The number of ether oxygens (including phenoxy) is 2. The lowest BCUT2D eigenvalue weighted by molar-refractivity contribution is -0.129. The first kappa shape index (κ1) is 25.2. The SMILES string of the molecule is COc1cc(OC)c(F)c(Cc2c[nH]c3ncc(C(C=NC4CCN(C(C)=O)CC4)=CN)cc23)c1F. The van der Waals surface area contributed by atoms with E-state index in [2.05, 4.69) is 15.0 Å². The number of hydrogen-bond acceptors (Lipinski definition) is 6. The van der Waals surface area contributed by atoms with Crippen LogP contribution in [-0.2, 0) is 11.2 Å². The van der Waals surface area contributed by atoms with Crippen molar-refractivity contribution in [3.63, 3.8) is 0 Å². The molecule has 0 saturated carbocycles. The molecule has 3 N–H and O–H groups in total. The van der Waals surface area contributed by atoms with Crippen LogP contribution in [0.15, 0.2) is 35.7 Å². The number of amides is 1. The summed E-state index contributed by atoms with van der Waals surface area (Å²) >= 11 is 0. The second-order valence-corrected chi connectivity index (χ2v) is 8.64. The van der Waals surface area contributed by atoms with Crippen molar-refractivity contribution in [2.24, 2.45) is 10.7 Å². The van der Waals surface area contributed by atoms with Crippen LogP contribution in [-0.4, -0.2) is 60.3 Å². The van der Waals surface area contributed by atoms with E-state index in [9.17, 15) is 13.6 Å². The summed E-state index contributed by atoms with van der Waals surface area (Å²) in [4.78, 5) is 25.5. The van der Waals surface area contributed by atoms with Gasteiger partial charge < -0.3 is 25.1 Å². The molecule has 1 aromatic carbocycles. The molecule has 3 heterocycles. The van der Waals surface area contributed by atoms with Crippen LogP contribution in [0, 0.1) is 11.6 Å². The number of carbonyl (C=O) groups is 1. The van der Waals surface area contributed by atoms with E-state index in [0.29, 0.717) is 35.3 Å². The largest absolute Gasteiger partial charge is 0.494 e. The van der Waals surface area contributed by atoms with Crippen molar-refractivity contribution in [2.75, 3.05) is 27.3 Å². The molecule has 0 radical (unpaired) electrons. The van der Waals surface area contributed by atoms with Gasteiger partial charge in [-0.05, 0) is 24.5 Å². The number of rotatable bonds is 7. The van der Waals surface area contributed by atoms with E-state index in [1.54, 1.807) is 25.5 Å². The monoisotopic (exact) mass is 497 g/mol. The number of aliphatic imine (C=N–C) groups is 1. The Hall–Kier alpha value is -3.95. The average molecular weight is 498 g/mol. The second-order valence-electron chi connectivity index (χ2n) is 8.64. The van der Waals surface area contributed by atoms with Gasteiger partial charge in [-0.15, -0.1) is 0 Å². The number of carbonyl (C=O) groups excluding carboxylic acids is 1. The van der Waals surface area contributed by atoms with Crippen LogP contribution in [0.5, 0.6) is 11.5 Å². The molecular formula is C26H29F2N5O3. The van der Waals surface area contributed by atoms with Gasteiger partial charge in [-0.25, -0.2) is 13.8 Å². The topological polar surface area (TPSA) is 106 Å². The minimum atomic E-state index is -0.778. The molecule has 1 amide bonds. The average Bonchev–Trinajstić information content (AvgIpc) is 3.29. The molecule has 10 heteroatoms. The summed E-state index contributed by atoms with van der Waals surface area (Å²) in [7, 11) is 2.63. The molecule has 0 atom stereocenters. The smallest absolute Gasteiger partial charge is 0.219 e. The molecule has 2 aromatic heterocycles. The Labute approximate surface area is 207 Å². The Morgan fingerprint density at radius 3 is 2.47 bits per heavy atom. The molecule has 3 aromatic rings. The van der Waals surface area contributed by atoms with Crippen molar-refractivity contribution in [3.05, 3.63) is 59.1 Å². The Bertz CT molecular complexity index is 1300. The predicted molar refractivity (Wildman–Crippen MR) is 134 cm³/mol. The van der Waals surface area contributed by atoms with Crippen molar-refractivity contribution in [1.82, 2.24) is 14.9 Å². The number of piperidine rings is 1. The van der Waals surface area contributed by atoms with E-state index < -0.39 is 11.6 Å². The number of nitrogens with zero attached hydrogens (tertiary/aromatic N) is 3. The van der Waals surface area contributed by atoms with Gasteiger partial charge in [0.05, 0.1) is 20.3 Å². The number of aromatic nitrogens is 2. The molecule has 1 aliphatic rings. The molecule has 190 valence electrons. The van der Waals surface area contributed by atoms with Crippen LogP contribution in [0.4, 0.5) is 8.78 Å². The molecule has 1 aliphatic heterocycles. The number of hydrogen-bond donors (Lipinski definition) is 2. The number of nitrogens with one attached hydrogen (secondary N) is 1. The molecule has 0 unspecified atom stereocenters. The Morgan fingerprint density at radius 1 is 1.22 bits per heavy atom. The number of nitrogens with two attached hydrogens (primary N) is 1. The highest BCUT2D eigenvalue weighted by Crippen LogP contribution is 2.34. The highest BCUT2D eigenvalue weighted by Gasteiger charge is 2.22. The maximum atomic E-state index is 14.9. The summed E-state index contributed by atoms with van der Waals surface area (Å²) in [5.74, 6) is -1.67. The quantitative estimate of drug-likeness (QED) is 0.483. The molecule has 0 spiro atoms. The van der Waals surface area contributed by atoms with Crippen LogP contribution in [0.1, 0.15) is 36.5 Å². The predicted octanol–water partition coefficient (Wildman–Crippen LogP) is 3.83. The molecule has 0 aliphatic carbocycles. The summed E-state index contributed by atoms with van der Waals surface area (Å²) in [6.07, 6.45) is 8.05. The minimum absolute atomic E-state index is 0.0408. The standard InChI is InChI=1S/C26H29F2N5O3/c1-15(34)33-6-4-19(5-7-33)30-14-18(11-29)16-8-20-17(13-32-26(20)31-12-16)9-21-24(27)22(35-2)10-23(36-3)25(21)28/h8,10-14,19H,4-7,9,29H2,1-3H3,(H,31,32). The zero-order valence-electron chi connectivity index (χ0n) is 20.5. The zero-order chi connectivity index (χ0) is 25.8. The molecule has 36 heavy (non-hydrogen) atoms. The van der Waals surface area contributed by atoms with Gasteiger partial charge in [0.15, 0.2) is 23.1 Å². The van der Waals surface area contributed by atoms with Crippen molar-refractivity contribution in [2.45, 2.75) is 32.2 Å². The third kappa shape index (κ3) is 5.02. The van der Waals surface area contributed by atoms with Gasteiger partial charge in [0.25, 0.3) is 0 Å². The van der Waals surface area contributed by atoms with E-state index in [-0.39, 0.29) is 35.4 Å². The highest BCUT2D eigenvalue weighted by atomic mass is 19.1. The number of fused-ring (bicyclic) bond motifs is 1. The van der Waals surface area contributed by atoms with E-state index >= 15 is 0 Å². The van der Waals surface area contributed by atoms with E-state index in [4.69, 9.17) is 15.2 Å². The van der Waals surface area contributed by atoms with Crippen LogP contribution in [0.3, 0.4) is 0 Å². The second kappa shape index (κ2) is 10.8. The third-order valence-electron chi connectivity index (χ3n) is 6.50. The highest BCUT2D eigenvalue weighted by molar-refractivity contribution is 6.10. The van der Waals surface area contributed by atoms with Gasteiger partial charge in [0, 0.05) is 79.4 Å². The summed E-state index contributed by atoms with van der Waals surface area (Å²) < 4.78 is 40.0. The van der Waals surface area contributed by atoms with Crippen molar-refractivity contribution >= 4 is 28.7 Å². The van der Waals surface area contributed by atoms with Crippen LogP contribution < -0.4 is 15.2 Å². The lowest BCUT2D eigenvalue weighted by atomic mass is 10.0. The van der Waals surface area contributed by atoms with Gasteiger partial charge >= 0.3 is 0 Å². The molecule has 1 fully saturated rings. The molecular weight excluding hydrogens is 468 g/mol. The summed E-state index contributed by atoms with van der Waals surface area (Å²) in [6, 6.07) is 3.15. The molecule has 1 saturated heterocycles. The first-order chi connectivity index (χ1) is 17.4. The molecule has 0 bridgehead atoms. The normalized spacial score (nSPS) is 15.1. The number of aromatic amines is 1. The van der Waals surface area contributed by atoms with Crippen LogP contribution in [0.25, 0.3) is 16.6 Å². The fraction of sp³-hybridized carbons (Fsp3) is 0.346. The van der Waals surface area contributed by atoms with Gasteiger partial charge in [-0.2, -0.15) is 0 Å². The van der Waals surface area contributed by atoms with Gasteiger partial charge in [0.1, 0.15) is 5.65 Å². The van der Waals surface area contributed by atoms with Crippen molar-refractivity contribution < 1.29 is 23.0 Å². The Kier molecular flexibility index (Phi) is 7.52. The number of methoxy groups -OCH3 is 2. The summed E-state index contributed by atoms with van der Waals surface area (Å²) in [5.41, 5.74) is 8.36. The third-order valence-corrected chi connectivity index (χ3v) is 6.50. The zero-order valence-corrected chi connectivity index (χ0v) is 20.5. The number of benzene rings is 1. The van der Waals surface area contributed by atoms with Crippen LogP contribution in [0.2, 0.25) is 0 Å². The summed E-state index contributed by atoms with van der Waals surface area (Å²) in [6.45, 7) is 2.94. The number of H-pyrrole nitrogens is 1. The molecule has 4 rings (SSSR count). The maximum Gasteiger partial charge on any atom is 0.219 e. The minimum Gasteiger partial charge on any atom is -0.494 e. The fourth-order valence-electron chi connectivity index (χ4n) is 4.37. The number of allylic oxidation sites excluding steroid dienone is 1. The lowest BCUT2D eigenvalue weighted by Gasteiger charge is -2.29. The van der Waals surface area contributed by atoms with Crippen LogP contribution >= 0.6 is 0 Å². The first-order valence-electron chi connectivity index (χ1n) is 11.6. The van der Waals surface area contributed by atoms with Crippen molar-refractivity contribution in [1.29, 1.82) is 0 Å². The Balaban J connectivity index is 1.60. The lowest BCUT2D eigenvalue weighted by Crippen LogP contribution is -2.38. The number of pyridine rings is 1. The molecule has 8 nitrogen and oxygen atoms in total. The summed E-state index contributed by atoms with van der Waals surface area (Å²) in [5, 5.41) is 0.704.